The van der Waals surface area contributed by atoms with E-state index in [0.717, 1.165) is 12.1 Å². The van der Waals surface area contributed by atoms with E-state index in [-0.39, 0.29) is 11.7 Å². The van der Waals surface area contributed by atoms with Crippen LogP contribution in [0.1, 0.15) is 22.8 Å². The summed E-state index contributed by atoms with van der Waals surface area (Å²) in [4.78, 5) is 21.2. The van der Waals surface area contributed by atoms with Crippen LogP contribution in [0.3, 0.4) is 0 Å². The average molecular weight is 412 g/mol. The average Bonchev–Trinajstić information content (AvgIpc) is 2.80. The molecule has 0 atom stereocenters. The number of carbonyl (C=O) groups excluding carboxylic acids is 1. The number of hydrogen-bond donors (Lipinski definition) is 2. The normalized spacial score (nSPS) is 10.5. The molecule has 1 aromatic heterocycles. The van der Waals surface area contributed by atoms with E-state index in [1.54, 1.807) is 42.7 Å². The molecule has 0 aliphatic heterocycles. The molecule has 4 aromatic rings. The van der Waals surface area contributed by atoms with Gasteiger partial charge in [-0.2, -0.15) is 0 Å². The molecule has 31 heavy (non-hydrogen) atoms. The molecule has 0 saturated heterocycles. The fourth-order valence-corrected chi connectivity index (χ4v) is 3.10. The molecule has 0 aliphatic carbocycles. The third-order valence-electron chi connectivity index (χ3n) is 4.81. The van der Waals surface area contributed by atoms with Crippen LogP contribution in [0.25, 0.3) is 11.1 Å². The van der Waals surface area contributed by atoms with Crippen LogP contribution < -0.4 is 10.6 Å². The molecule has 5 nitrogen and oxygen atoms in total. The van der Waals surface area contributed by atoms with Gasteiger partial charge in [0, 0.05) is 34.9 Å². The summed E-state index contributed by atoms with van der Waals surface area (Å²) < 4.78 is 13.4. The number of carbonyl (C=O) groups is 1. The zero-order valence-corrected chi connectivity index (χ0v) is 17.0. The molecular weight excluding hydrogens is 391 g/mol. The van der Waals surface area contributed by atoms with Crippen LogP contribution in [-0.2, 0) is 6.42 Å². The fraction of sp³-hybridized carbons (Fsp3) is 0.0800. The van der Waals surface area contributed by atoms with E-state index in [0.29, 0.717) is 28.3 Å². The monoisotopic (exact) mass is 412 g/mol. The molecule has 0 aliphatic rings. The molecule has 1 amide bonds. The van der Waals surface area contributed by atoms with Crippen LogP contribution >= 0.6 is 0 Å². The molecule has 0 fully saturated rings. The number of halogens is 1. The van der Waals surface area contributed by atoms with Crippen LogP contribution in [0.15, 0.2) is 85.2 Å². The van der Waals surface area contributed by atoms with E-state index < -0.39 is 0 Å². The van der Waals surface area contributed by atoms with Crippen molar-refractivity contribution in [3.8, 4) is 11.1 Å². The third kappa shape index (κ3) is 5.11. The number of hydrogen-bond acceptors (Lipinski definition) is 4. The summed E-state index contributed by atoms with van der Waals surface area (Å²) in [6, 6.07) is 21.2. The molecule has 6 heteroatoms. The molecular formula is C25H21FN4O. The standard InChI is InChI=1S/C25H21FN4O/c1-2-17-9-11-22(12-10-17)29-24(31)19-6-4-8-23(14-19)30-25-27-15-20(16-28-25)18-5-3-7-21(26)13-18/h3-16H,2H2,1H3,(H,29,31)(H,27,28,30). The molecule has 0 bridgehead atoms. The zero-order chi connectivity index (χ0) is 21.6. The van der Waals surface area contributed by atoms with Gasteiger partial charge in [-0.05, 0) is 60.0 Å². The first-order valence-electron chi connectivity index (χ1n) is 9.96. The second-order valence-electron chi connectivity index (χ2n) is 7.02. The summed E-state index contributed by atoms with van der Waals surface area (Å²) in [5.74, 6) is -0.126. The second kappa shape index (κ2) is 9.17. The molecule has 3 aromatic carbocycles. The van der Waals surface area contributed by atoms with Gasteiger partial charge in [0.15, 0.2) is 0 Å². The SMILES string of the molecule is CCc1ccc(NC(=O)c2cccc(Nc3ncc(-c4cccc(F)c4)cn3)c2)cc1. The molecule has 154 valence electrons. The molecule has 0 radical (unpaired) electrons. The van der Waals surface area contributed by atoms with Crippen molar-refractivity contribution in [3.05, 3.63) is 102 Å². The lowest BCUT2D eigenvalue weighted by molar-refractivity contribution is 0.102. The Labute approximate surface area is 180 Å². The first-order chi connectivity index (χ1) is 15.1. The van der Waals surface area contributed by atoms with Gasteiger partial charge in [0.05, 0.1) is 0 Å². The Morgan fingerprint density at radius 3 is 2.32 bits per heavy atom. The highest BCUT2D eigenvalue weighted by Crippen LogP contribution is 2.21. The van der Waals surface area contributed by atoms with Crippen LogP contribution in [0.2, 0.25) is 0 Å². The highest BCUT2D eigenvalue weighted by atomic mass is 19.1. The Bertz CT molecular complexity index is 1190. The fourth-order valence-electron chi connectivity index (χ4n) is 3.10. The minimum absolute atomic E-state index is 0.199. The number of aromatic nitrogens is 2. The number of nitrogens with one attached hydrogen (secondary N) is 2. The van der Waals surface area contributed by atoms with E-state index in [1.807, 2.05) is 30.3 Å². The second-order valence-corrected chi connectivity index (χ2v) is 7.02. The van der Waals surface area contributed by atoms with E-state index in [9.17, 15) is 9.18 Å². The maximum absolute atomic E-state index is 13.4. The number of benzene rings is 3. The van der Waals surface area contributed by atoms with E-state index in [4.69, 9.17) is 0 Å². The zero-order valence-electron chi connectivity index (χ0n) is 17.0. The number of nitrogens with zero attached hydrogens (tertiary/aromatic N) is 2. The van der Waals surface area contributed by atoms with Gasteiger partial charge < -0.3 is 10.6 Å². The molecule has 4 rings (SSSR count). The highest BCUT2D eigenvalue weighted by Gasteiger charge is 2.08. The summed E-state index contributed by atoms with van der Waals surface area (Å²) in [6.07, 6.45) is 4.20. The van der Waals surface area contributed by atoms with Gasteiger partial charge in [0.2, 0.25) is 5.95 Å². The molecule has 2 N–H and O–H groups in total. The largest absolute Gasteiger partial charge is 0.324 e. The Hall–Kier alpha value is -4.06. The van der Waals surface area contributed by atoms with Gasteiger partial charge in [-0.25, -0.2) is 14.4 Å². The van der Waals surface area contributed by atoms with Crippen molar-refractivity contribution in [1.29, 1.82) is 0 Å². The van der Waals surface area contributed by atoms with Crippen LogP contribution in [0.5, 0.6) is 0 Å². The Kier molecular flexibility index (Phi) is 5.98. The molecule has 0 unspecified atom stereocenters. The highest BCUT2D eigenvalue weighted by molar-refractivity contribution is 6.04. The third-order valence-corrected chi connectivity index (χ3v) is 4.81. The topological polar surface area (TPSA) is 66.9 Å². The number of amides is 1. The Morgan fingerprint density at radius 1 is 0.871 bits per heavy atom. The van der Waals surface area contributed by atoms with Gasteiger partial charge in [-0.15, -0.1) is 0 Å². The number of rotatable bonds is 6. The maximum atomic E-state index is 13.4. The Balaban J connectivity index is 1.44. The number of anilines is 3. The van der Waals surface area contributed by atoms with Crippen molar-refractivity contribution >= 4 is 23.2 Å². The van der Waals surface area contributed by atoms with E-state index in [2.05, 4.69) is 27.5 Å². The number of aryl methyl sites for hydroxylation is 1. The predicted octanol–water partition coefficient (Wildman–Crippen LogP) is 5.84. The smallest absolute Gasteiger partial charge is 0.255 e. The van der Waals surface area contributed by atoms with Crippen molar-refractivity contribution < 1.29 is 9.18 Å². The van der Waals surface area contributed by atoms with Crippen LogP contribution in [-0.4, -0.2) is 15.9 Å². The van der Waals surface area contributed by atoms with Crippen molar-refractivity contribution in [2.24, 2.45) is 0 Å². The predicted molar refractivity (Wildman–Crippen MR) is 121 cm³/mol. The van der Waals surface area contributed by atoms with Crippen LogP contribution in [0.4, 0.5) is 21.7 Å². The van der Waals surface area contributed by atoms with Gasteiger partial charge in [0.25, 0.3) is 5.91 Å². The lowest BCUT2D eigenvalue weighted by Crippen LogP contribution is -2.12. The van der Waals surface area contributed by atoms with E-state index in [1.165, 1.54) is 17.7 Å². The quantitative estimate of drug-likeness (QED) is 0.417. The minimum atomic E-state index is -0.309. The summed E-state index contributed by atoms with van der Waals surface area (Å²) in [6.45, 7) is 2.09. The van der Waals surface area contributed by atoms with Gasteiger partial charge >= 0.3 is 0 Å². The van der Waals surface area contributed by atoms with Gasteiger partial charge in [0.1, 0.15) is 5.82 Å². The summed E-state index contributed by atoms with van der Waals surface area (Å²) in [7, 11) is 0. The van der Waals surface area contributed by atoms with Gasteiger partial charge in [-0.1, -0.05) is 37.3 Å². The molecule has 1 heterocycles. The van der Waals surface area contributed by atoms with Crippen molar-refractivity contribution in [3.63, 3.8) is 0 Å². The maximum Gasteiger partial charge on any atom is 0.255 e. The first-order valence-corrected chi connectivity index (χ1v) is 9.96. The van der Waals surface area contributed by atoms with Crippen molar-refractivity contribution in [2.75, 3.05) is 10.6 Å². The van der Waals surface area contributed by atoms with Gasteiger partial charge in [-0.3, -0.25) is 4.79 Å². The summed E-state index contributed by atoms with van der Waals surface area (Å²) >= 11 is 0. The lowest BCUT2D eigenvalue weighted by Gasteiger charge is -2.09. The summed E-state index contributed by atoms with van der Waals surface area (Å²) in [5.41, 5.74) is 4.59. The molecule has 0 spiro atoms. The molecule has 0 saturated carbocycles. The lowest BCUT2D eigenvalue weighted by atomic mass is 10.1. The van der Waals surface area contributed by atoms with E-state index >= 15 is 0 Å². The Morgan fingerprint density at radius 2 is 1.61 bits per heavy atom. The minimum Gasteiger partial charge on any atom is -0.324 e. The van der Waals surface area contributed by atoms with Crippen molar-refractivity contribution in [1.82, 2.24) is 9.97 Å². The first kappa shape index (κ1) is 20.2. The summed E-state index contributed by atoms with van der Waals surface area (Å²) in [5, 5.41) is 5.99. The van der Waals surface area contributed by atoms with Crippen molar-refractivity contribution in [2.45, 2.75) is 13.3 Å². The van der Waals surface area contributed by atoms with Crippen LogP contribution in [0, 0.1) is 5.82 Å².